The second-order valence-electron chi connectivity index (χ2n) is 5.35. The molecule has 1 unspecified atom stereocenters. The fraction of sp³-hybridized carbons (Fsp3) is 0.353. The molecule has 0 spiro atoms. The van der Waals surface area contributed by atoms with Crippen LogP contribution in [0.4, 0.5) is 0 Å². The predicted molar refractivity (Wildman–Crippen MR) is 78.0 cm³/mol. The fourth-order valence-electron chi connectivity index (χ4n) is 2.59. The minimum Gasteiger partial charge on any atom is -0.439 e. The third-order valence-corrected chi connectivity index (χ3v) is 3.78. The van der Waals surface area contributed by atoms with E-state index in [0.29, 0.717) is 5.88 Å². The number of aliphatic hydroxyl groups excluding tert-OH is 1. The first-order chi connectivity index (χ1) is 9.72. The smallest absolute Gasteiger partial charge is 0.219 e. The van der Waals surface area contributed by atoms with Gasteiger partial charge in [0.1, 0.15) is 5.75 Å². The molecule has 0 amide bonds. The number of aryl methyl sites for hydroxylation is 2. The molecule has 3 rings (SSSR count). The average Bonchev–Trinajstić information content (AvgIpc) is 2.48. The SMILES string of the molecule is CC(O)c1ccc(Oc2ccc3c(c2)CCCC3)nc1. The van der Waals surface area contributed by atoms with Gasteiger partial charge in [0.15, 0.2) is 0 Å². The lowest BCUT2D eigenvalue weighted by molar-refractivity contribution is 0.198. The molecule has 1 atom stereocenters. The number of ether oxygens (including phenoxy) is 1. The van der Waals surface area contributed by atoms with Gasteiger partial charge in [-0.15, -0.1) is 0 Å². The number of hydrogen-bond acceptors (Lipinski definition) is 3. The molecule has 1 aromatic carbocycles. The number of fused-ring (bicyclic) bond motifs is 1. The van der Waals surface area contributed by atoms with E-state index in [9.17, 15) is 5.11 Å². The summed E-state index contributed by atoms with van der Waals surface area (Å²) in [7, 11) is 0. The molecule has 0 aliphatic heterocycles. The number of benzene rings is 1. The predicted octanol–water partition coefficient (Wildman–Crippen LogP) is 3.81. The summed E-state index contributed by atoms with van der Waals surface area (Å²) in [5, 5.41) is 9.46. The van der Waals surface area contributed by atoms with Crippen molar-refractivity contribution < 1.29 is 9.84 Å². The second kappa shape index (κ2) is 5.63. The summed E-state index contributed by atoms with van der Waals surface area (Å²) in [5.74, 6) is 1.40. The zero-order chi connectivity index (χ0) is 13.9. The topological polar surface area (TPSA) is 42.4 Å². The Kier molecular flexibility index (Phi) is 3.70. The van der Waals surface area contributed by atoms with Crippen LogP contribution in [-0.4, -0.2) is 10.1 Å². The van der Waals surface area contributed by atoms with E-state index in [0.717, 1.165) is 17.7 Å². The maximum Gasteiger partial charge on any atom is 0.219 e. The monoisotopic (exact) mass is 269 g/mol. The Balaban J connectivity index is 1.77. The first kappa shape index (κ1) is 13.1. The molecule has 0 saturated heterocycles. The third kappa shape index (κ3) is 2.83. The van der Waals surface area contributed by atoms with E-state index in [1.807, 2.05) is 12.1 Å². The zero-order valence-electron chi connectivity index (χ0n) is 11.7. The van der Waals surface area contributed by atoms with Crippen LogP contribution in [0.15, 0.2) is 36.5 Å². The molecule has 1 aliphatic rings. The van der Waals surface area contributed by atoms with E-state index in [-0.39, 0.29) is 0 Å². The summed E-state index contributed by atoms with van der Waals surface area (Å²) in [5.41, 5.74) is 3.64. The second-order valence-corrected chi connectivity index (χ2v) is 5.35. The first-order valence-corrected chi connectivity index (χ1v) is 7.16. The summed E-state index contributed by atoms with van der Waals surface area (Å²) in [4.78, 5) is 4.23. The highest BCUT2D eigenvalue weighted by Crippen LogP contribution is 2.28. The first-order valence-electron chi connectivity index (χ1n) is 7.16. The molecule has 3 nitrogen and oxygen atoms in total. The van der Waals surface area contributed by atoms with Gasteiger partial charge in [-0.25, -0.2) is 4.98 Å². The summed E-state index contributed by atoms with van der Waals surface area (Å²) in [6.07, 6.45) is 6.02. The van der Waals surface area contributed by atoms with Crippen molar-refractivity contribution in [3.05, 3.63) is 53.2 Å². The van der Waals surface area contributed by atoms with Crippen LogP contribution in [0.25, 0.3) is 0 Å². The largest absolute Gasteiger partial charge is 0.439 e. The van der Waals surface area contributed by atoms with Crippen LogP contribution in [0.1, 0.15) is 42.6 Å². The summed E-state index contributed by atoms with van der Waals surface area (Å²) in [6, 6.07) is 9.92. The van der Waals surface area contributed by atoms with E-state index in [4.69, 9.17) is 4.74 Å². The lowest BCUT2D eigenvalue weighted by atomic mass is 9.92. The minimum atomic E-state index is -0.500. The van der Waals surface area contributed by atoms with Gasteiger partial charge in [-0.05, 0) is 67.5 Å². The Morgan fingerprint density at radius 1 is 1.10 bits per heavy atom. The Hall–Kier alpha value is -1.87. The molecule has 0 fully saturated rings. The average molecular weight is 269 g/mol. The molecule has 2 aromatic rings. The quantitative estimate of drug-likeness (QED) is 0.921. The van der Waals surface area contributed by atoms with Crippen LogP contribution >= 0.6 is 0 Å². The number of pyridine rings is 1. The Bertz CT molecular complexity index is 590. The molecule has 104 valence electrons. The highest BCUT2D eigenvalue weighted by molar-refractivity contribution is 5.38. The highest BCUT2D eigenvalue weighted by Gasteiger charge is 2.10. The Morgan fingerprint density at radius 2 is 1.90 bits per heavy atom. The van der Waals surface area contributed by atoms with Crippen LogP contribution in [0.3, 0.4) is 0 Å². The molecule has 3 heteroatoms. The lowest BCUT2D eigenvalue weighted by Crippen LogP contribution is -2.02. The van der Waals surface area contributed by atoms with Gasteiger partial charge in [0.05, 0.1) is 6.10 Å². The third-order valence-electron chi connectivity index (χ3n) is 3.78. The van der Waals surface area contributed by atoms with Crippen molar-refractivity contribution in [2.75, 3.05) is 0 Å². The van der Waals surface area contributed by atoms with E-state index < -0.39 is 6.10 Å². The normalized spacial score (nSPS) is 15.5. The summed E-state index contributed by atoms with van der Waals surface area (Å²) < 4.78 is 5.79. The minimum absolute atomic E-state index is 0.500. The van der Waals surface area contributed by atoms with E-state index in [1.54, 1.807) is 19.2 Å². The van der Waals surface area contributed by atoms with Crippen molar-refractivity contribution >= 4 is 0 Å². The highest BCUT2D eigenvalue weighted by atomic mass is 16.5. The number of hydrogen-bond donors (Lipinski definition) is 1. The Labute approximate surface area is 119 Å². The van der Waals surface area contributed by atoms with E-state index in [1.165, 1.54) is 30.4 Å². The van der Waals surface area contributed by atoms with Crippen LogP contribution in [0.2, 0.25) is 0 Å². The van der Waals surface area contributed by atoms with Crippen molar-refractivity contribution in [3.63, 3.8) is 0 Å². The van der Waals surface area contributed by atoms with E-state index >= 15 is 0 Å². The number of aliphatic hydroxyl groups is 1. The summed E-state index contributed by atoms with van der Waals surface area (Å²) in [6.45, 7) is 1.72. The van der Waals surface area contributed by atoms with Crippen LogP contribution in [0, 0.1) is 0 Å². The van der Waals surface area contributed by atoms with Crippen LogP contribution in [0.5, 0.6) is 11.6 Å². The molecule has 1 heterocycles. The van der Waals surface area contributed by atoms with Crippen molar-refractivity contribution in [1.29, 1.82) is 0 Å². The number of aromatic nitrogens is 1. The molecular weight excluding hydrogens is 250 g/mol. The van der Waals surface area contributed by atoms with Crippen molar-refractivity contribution in [2.24, 2.45) is 0 Å². The van der Waals surface area contributed by atoms with Gasteiger partial charge in [0.2, 0.25) is 5.88 Å². The molecular formula is C17H19NO2. The van der Waals surface area contributed by atoms with Gasteiger partial charge in [0.25, 0.3) is 0 Å². The molecule has 0 saturated carbocycles. The van der Waals surface area contributed by atoms with Gasteiger partial charge in [0, 0.05) is 12.3 Å². The standard InChI is InChI=1S/C17H19NO2/c1-12(19)15-7-9-17(18-11-15)20-16-8-6-13-4-2-3-5-14(13)10-16/h6-12,19H,2-5H2,1H3. The fourth-order valence-corrected chi connectivity index (χ4v) is 2.59. The van der Waals surface area contributed by atoms with Crippen molar-refractivity contribution in [2.45, 2.75) is 38.7 Å². The maximum atomic E-state index is 9.46. The number of nitrogens with zero attached hydrogens (tertiary/aromatic N) is 1. The number of rotatable bonds is 3. The van der Waals surface area contributed by atoms with Crippen molar-refractivity contribution in [3.8, 4) is 11.6 Å². The molecule has 0 bridgehead atoms. The van der Waals surface area contributed by atoms with Gasteiger partial charge < -0.3 is 9.84 Å². The van der Waals surface area contributed by atoms with Crippen LogP contribution in [-0.2, 0) is 12.8 Å². The molecule has 0 radical (unpaired) electrons. The maximum absolute atomic E-state index is 9.46. The lowest BCUT2D eigenvalue weighted by Gasteiger charge is -2.16. The Morgan fingerprint density at radius 3 is 2.60 bits per heavy atom. The molecule has 1 N–H and O–H groups in total. The van der Waals surface area contributed by atoms with Gasteiger partial charge in [-0.2, -0.15) is 0 Å². The molecule has 20 heavy (non-hydrogen) atoms. The summed E-state index contributed by atoms with van der Waals surface area (Å²) >= 11 is 0. The molecule has 1 aliphatic carbocycles. The van der Waals surface area contributed by atoms with Gasteiger partial charge in [-0.3, -0.25) is 0 Å². The van der Waals surface area contributed by atoms with Gasteiger partial charge in [-0.1, -0.05) is 6.07 Å². The van der Waals surface area contributed by atoms with Gasteiger partial charge >= 0.3 is 0 Å². The molecule has 1 aromatic heterocycles. The zero-order valence-corrected chi connectivity index (χ0v) is 11.7. The van der Waals surface area contributed by atoms with E-state index in [2.05, 4.69) is 17.1 Å². The van der Waals surface area contributed by atoms with Crippen LogP contribution < -0.4 is 4.74 Å². The van der Waals surface area contributed by atoms with Crippen molar-refractivity contribution in [1.82, 2.24) is 4.98 Å².